The fraction of sp³-hybridized carbons (Fsp3) is 0.433. The van der Waals surface area contributed by atoms with Crippen LogP contribution in [0.1, 0.15) is 61.3 Å². The summed E-state index contributed by atoms with van der Waals surface area (Å²) in [6.07, 6.45) is -4.62. The first kappa shape index (κ1) is 36.7. The van der Waals surface area contributed by atoms with Crippen molar-refractivity contribution in [1.82, 2.24) is 20.3 Å². The van der Waals surface area contributed by atoms with E-state index in [0.717, 1.165) is 0 Å². The molecule has 3 rings (SSSR count). The first-order chi connectivity index (χ1) is 21.3. The summed E-state index contributed by atoms with van der Waals surface area (Å²) in [7, 11) is -4.16. The summed E-state index contributed by atoms with van der Waals surface area (Å²) in [5.74, 6) is -6.57. The van der Waals surface area contributed by atoms with Crippen molar-refractivity contribution < 1.29 is 45.6 Å². The molecule has 2 aromatic rings. The maximum Gasteiger partial charge on any atom is 0.452 e. The molecule has 1 aliphatic heterocycles. The number of halogens is 4. The maximum absolute atomic E-state index is 13.6. The van der Waals surface area contributed by atoms with E-state index in [1.54, 1.807) is 13.8 Å². The SMILES string of the molecule is CC(C)C(NC(=O)[C@@H]1CCCN1C(=O)[C@H](NC(=O)c1ccc(C(=O)NS(=O)(=O)c2ccc(Br)cc2)cc1)C(C)C)C(=O)C(F)(F)F. The van der Waals surface area contributed by atoms with E-state index in [4.69, 9.17) is 0 Å². The van der Waals surface area contributed by atoms with E-state index < -0.39 is 75.6 Å². The molecule has 2 aromatic carbocycles. The number of nitrogens with one attached hydrogen (secondary N) is 3. The second-order valence-electron chi connectivity index (χ2n) is 11.4. The molecule has 0 spiro atoms. The van der Waals surface area contributed by atoms with Crippen LogP contribution in [0.4, 0.5) is 13.2 Å². The number of nitrogens with zero attached hydrogens (tertiary/aromatic N) is 1. The molecule has 0 aliphatic carbocycles. The number of amides is 4. The highest BCUT2D eigenvalue weighted by molar-refractivity contribution is 9.10. The zero-order valence-electron chi connectivity index (χ0n) is 25.4. The molecule has 16 heteroatoms. The van der Waals surface area contributed by atoms with Gasteiger partial charge in [-0.05, 0) is 73.2 Å². The van der Waals surface area contributed by atoms with Gasteiger partial charge in [0.05, 0.1) is 10.9 Å². The Hall–Kier alpha value is -3.79. The van der Waals surface area contributed by atoms with Crippen molar-refractivity contribution in [3.8, 4) is 0 Å². The Morgan fingerprint density at radius 1 is 0.826 bits per heavy atom. The Kier molecular flexibility index (Phi) is 11.8. The third kappa shape index (κ3) is 8.93. The molecule has 0 saturated carbocycles. The molecule has 0 aromatic heterocycles. The number of carbonyl (C=O) groups excluding carboxylic acids is 5. The van der Waals surface area contributed by atoms with Crippen LogP contribution in [0.15, 0.2) is 57.9 Å². The van der Waals surface area contributed by atoms with Crippen LogP contribution in [0.2, 0.25) is 0 Å². The van der Waals surface area contributed by atoms with Crippen LogP contribution in [0, 0.1) is 11.8 Å². The number of sulfonamides is 1. The van der Waals surface area contributed by atoms with Crippen molar-refractivity contribution >= 4 is 55.4 Å². The minimum absolute atomic E-state index is 0.0481. The van der Waals surface area contributed by atoms with Gasteiger partial charge in [-0.1, -0.05) is 43.6 Å². The first-order valence-corrected chi connectivity index (χ1v) is 16.6. The highest BCUT2D eigenvalue weighted by atomic mass is 79.9. The molecule has 3 atom stereocenters. The van der Waals surface area contributed by atoms with Crippen LogP contribution >= 0.6 is 15.9 Å². The summed E-state index contributed by atoms with van der Waals surface area (Å²) in [6, 6.07) is 6.56. The van der Waals surface area contributed by atoms with Crippen LogP contribution in [0.3, 0.4) is 0 Å². The van der Waals surface area contributed by atoms with Gasteiger partial charge in [0.2, 0.25) is 11.8 Å². The van der Waals surface area contributed by atoms with E-state index in [1.165, 1.54) is 67.3 Å². The predicted octanol–water partition coefficient (Wildman–Crippen LogP) is 3.59. The molecule has 11 nitrogen and oxygen atoms in total. The summed E-state index contributed by atoms with van der Waals surface area (Å²) >= 11 is 3.20. The van der Waals surface area contributed by atoms with Crippen molar-refractivity contribution in [2.75, 3.05) is 6.54 Å². The van der Waals surface area contributed by atoms with Crippen LogP contribution in [-0.4, -0.2) is 73.6 Å². The molecule has 3 N–H and O–H groups in total. The first-order valence-electron chi connectivity index (χ1n) is 14.3. The van der Waals surface area contributed by atoms with Crippen molar-refractivity contribution in [3.05, 3.63) is 64.1 Å². The van der Waals surface area contributed by atoms with E-state index in [0.29, 0.717) is 10.9 Å². The zero-order chi connectivity index (χ0) is 34.6. The lowest BCUT2D eigenvalue weighted by Crippen LogP contribution is -2.58. The van der Waals surface area contributed by atoms with E-state index in [2.05, 4.69) is 26.6 Å². The Morgan fingerprint density at radius 3 is 1.85 bits per heavy atom. The van der Waals surface area contributed by atoms with Crippen molar-refractivity contribution in [3.63, 3.8) is 0 Å². The summed E-state index contributed by atoms with van der Waals surface area (Å²) in [4.78, 5) is 65.3. The lowest BCUT2D eigenvalue weighted by Gasteiger charge is -2.32. The molecular formula is C30H34BrF3N4O7S. The third-order valence-corrected chi connectivity index (χ3v) is 9.22. The number of benzene rings is 2. The maximum atomic E-state index is 13.6. The molecule has 46 heavy (non-hydrogen) atoms. The molecule has 1 unspecified atom stereocenters. The van der Waals surface area contributed by atoms with Crippen molar-refractivity contribution in [2.24, 2.45) is 11.8 Å². The number of rotatable bonds is 11. The quantitative estimate of drug-likeness (QED) is 0.319. The van der Waals surface area contributed by atoms with E-state index in [-0.39, 0.29) is 29.0 Å². The molecule has 0 radical (unpaired) electrons. The Labute approximate surface area is 272 Å². The minimum atomic E-state index is -5.15. The fourth-order valence-electron chi connectivity index (χ4n) is 4.81. The summed E-state index contributed by atoms with van der Waals surface area (Å²) < 4.78 is 67.0. The fourth-order valence-corrected chi connectivity index (χ4v) is 6.05. The van der Waals surface area contributed by atoms with Gasteiger partial charge in [0.25, 0.3) is 27.6 Å². The molecule has 1 saturated heterocycles. The van der Waals surface area contributed by atoms with Gasteiger partial charge < -0.3 is 15.5 Å². The largest absolute Gasteiger partial charge is 0.452 e. The Morgan fingerprint density at radius 2 is 1.35 bits per heavy atom. The van der Waals surface area contributed by atoms with E-state index in [1.807, 2.05) is 4.72 Å². The molecule has 1 heterocycles. The number of carbonyl (C=O) groups is 5. The van der Waals surface area contributed by atoms with Crippen LogP contribution < -0.4 is 15.4 Å². The van der Waals surface area contributed by atoms with E-state index in [9.17, 15) is 45.6 Å². The van der Waals surface area contributed by atoms with Gasteiger partial charge >= 0.3 is 6.18 Å². The number of alkyl halides is 3. The van der Waals surface area contributed by atoms with E-state index >= 15 is 0 Å². The molecule has 250 valence electrons. The number of ketones is 1. The topological polar surface area (TPSA) is 159 Å². The number of hydrogen-bond acceptors (Lipinski definition) is 7. The summed E-state index contributed by atoms with van der Waals surface area (Å²) in [5.41, 5.74) is -0.00438. The average molecular weight is 732 g/mol. The molecule has 0 bridgehead atoms. The van der Waals surface area contributed by atoms with Gasteiger partial charge in [-0.2, -0.15) is 13.2 Å². The van der Waals surface area contributed by atoms with Gasteiger partial charge in [-0.25, -0.2) is 13.1 Å². The van der Waals surface area contributed by atoms with Crippen LogP contribution in [-0.2, 0) is 24.4 Å². The van der Waals surface area contributed by atoms with Crippen LogP contribution in [0.5, 0.6) is 0 Å². The monoisotopic (exact) mass is 730 g/mol. The summed E-state index contributed by atoms with van der Waals surface area (Å²) in [5, 5.41) is 4.78. The zero-order valence-corrected chi connectivity index (χ0v) is 27.8. The van der Waals surface area contributed by atoms with Gasteiger partial charge in [0, 0.05) is 22.1 Å². The number of likely N-dealkylation sites (tertiary alicyclic amines) is 1. The summed E-state index contributed by atoms with van der Waals surface area (Å²) in [6.45, 7) is 6.15. The number of hydrogen-bond donors (Lipinski definition) is 3. The normalized spacial score (nSPS) is 16.6. The third-order valence-electron chi connectivity index (χ3n) is 7.34. The molecule has 1 aliphatic rings. The standard InChI is InChI=1S/C30H34BrF3N4O7S/c1-16(2)23(25(39)30(32,33)34)35-28(42)22-6-5-15-38(22)29(43)24(17(3)4)36-26(40)18-7-9-19(10-8-18)27(41)37-46(44,45)21-13-11-20(31)12-14-21/h7-14,16-17,22-24H,5-6,15H2,1-4H3,(H,35,42)(H,36,40)(H,37,41)/t22-,23?,24+/m0/s1. The second kappa shape index (κ2) is 14.8. The average Bonchev–Trinajstić information content (AvgIpc) is 3.47. The Bertz CT molecular complexity index is 1580. The minimum Gasteiger partial charge on any atom is -0.344 e. The highest BCUT2D eigenvalue weighted by Gasteiger charge is 2.46. The van der Waals surface area contributed by atoms with Gasteiger partial charge in [-0.15, -0.1) is 0 Å². The van der Waals surface area contributed by atoms with Crippen LogP contribution in [0.25, 0.3) is 0 Å². The van der Waals surface area contributed by atoms with Gasteiger partial charge in [0.1, 0.15) is 12.1 Å². The molecule has 4 amide bonds. The molecule has 1 fully saturated rings. The van der Waals surface area contributed by atoms with Crippen molar-refractivity contribution in [2.45, 2.75) is 69.7 Å². The lowest BCUT2D eigenvalue weighted by molar-refractivity contribution is -0.175. The number of Topliss-reactive ketones (excluding diaryl/α,β-unsaturated/α-hetero) is 1. The van der Waals surface area contributed by atoms with Gasteiger partial charge in [0.15, 0.2) is 0 Å². The van der Waals surface area contributed by atoms with Crippen molar-refractivity contribution in [1.29, 1.82) is 0 Å². The molecular weight excluding hydrogens is 697 g/mol. The Balaban J connectivity index is 1.70. The lowest BCUT2D eigenvalue weighted by atomic mass is 9.98. The highest BCUT2D eigenvalue weighted by Crippen LogP contribution is 2.24. The van der Waals surface area contributed by atoms with Gasteiger partial charge in [-0.3, -0.25) is 24.0 Å². The second-order valence-corrected chi connectivity index (χ2v) is 14.0. The smallest absolute Gasteiger partial charge is 0.344 e. The predicted molar refractivity (Wildman–Crippen MR) is 164 cm³/mol.